The second-order valence-electron chi connectivity index (χ2n) is 7.55. The van der Waals surface area contributed by atoms with Gasteiger partial charge in [0.2, 0.25) is 11.8 Å². The zero-order valence-electron chi connectivity index (χ0n) is 18.1. The molecular weight excluding hydrogens is 390 g/mol. The zero-order chi connectivity index (χ0) is 22.0. The number of nitrogens with one attached hydrogen (secondary N) is 1. The highest BCUT2D eigenvalue weighted by Gasteiger charge is 2.20. The average Bonchev–Trinajstić information content (AvgIpc) is 3.10. The molecule has 3 aromatic heterocycles. The van der Waals surface area contributed by atoms with Crippen LogP contribution >= 0.6 is 0 Å². The van der Waals surface area contributed by atoms with Gasteiger partial charge in [-0.05, 0) is 57.0 Å². The number of amides is 1. The van der Waals surface area contributed by atoms with Crippen molar-refractivity contribution < 1.29 is 9.53 Å². The molecule has 3 heterocycles. The number of aryl methyl sites for hydroxylation is 3. The molecule has 1 N–H and O–H groups in total. The molecule has 0 aliphatic carbocycles. The predicted octanol–water partition coefficient (Wildman–Crippen LogP) is 4.32. The smallest absolute Gasteiger partial charge is 0.224 e. The summed E-state index contributed by atoms with van der Waals surface area (Å²) >= 11 is 0. The van der Waals surface area contributed by atoms with Crippen LogP contribution in [0.15, 0.2) is 48.8 Å². The number of carbonyl (C=O) groups is 1. The van der Waals surface area contributed by atoms with Crippen molar-refractivity contribution in [1.82, 2.24) is 19.7 Å². The molecule has 0 saturated carbocycles. The van der Waals surface area contributed by atoms with E-state index in [-0.39, 0.29) is 5.91 Å². The number of ether oxygens (including phenoxy) is 1. The van der Waals surface area contributed by atoms with E-state index < -0.39 is 0 Å². The summed E-state index contributed by atoms with van der Waals surface area (Å²) in [5.41, 5.74) is 6.41. The number of benzene rings is 1. The fraction of sp³-hybridized carbons (Fsp3) is 0.250. The van der Waals surface area contributed by atoms with E-state index in [1.165, 1.54) is 5.56 Å². The van der Waals surface area contributed by atoms with Crippen molar-refractivity contribution in [2.45, 2.75) is 33.6 Å². The standard InChI is InChI=1S/C24H25N5O2/c1-15-7-9-19(10-8-15)29-23-22(17(3)28-29)16(2)20(24(27-23)31-4)11-12-21(30)26-18-6-5-13-25-14-18/h5-10,13-14H,11-12H2,1-4H3,(H,26,30). The predicted molar refractivity (Wildman–Crippen MR) is 121 cm³/mol. The minimum atomic E-state index is -0.0818. The summed E-state index contributed by atoms with van der Waals surface area (Å²) in [5.74, 6) is 0.439. The summed E-state index contributed by atoms with van der Waals surface area (Å²) in [7, 11) is 1.60. The van der Waals surface area contributed by atoms with Gasteiger partial charge in [-0.2, -0.15) is 10.1 Å². The van der Waals surface area contributed by atoms with Gasteiger partial charge in [0, 0.05) is 23.6 Å². The van der Waals surface area contributed by atoms with Crippen molar-refractivity contribution in [1.29, 1.82) is 0 Å². The number of carbonyl (C=O) groups excluding carboxylic acids is 1. The molecule has 0 saturated heterocycles. The Hall–Kier alpha value is -3.74. The first kappa shape index (κ1) is 20.5. The largest absolute Gasteiger partial charge is 0.481 e. The zero-order valence-corrected chi connectivity index (χ0v) is 18.1. The van der Waals surface area contributed by atoms with Gasteiger partial charge in [0.05, 0.1) is 30.4 Å². The molecule has 4 aromatic rings. The average molecular weight is 415 g/mol. The normalized spacial score (nSPS) is 11.0. The Labute approximate surface area is 181 Å². The fourth-order valence-electron chi connectivity index (χ4n) is 3.76. The van der Waals surface area contributed by atoms with Gasteiger partial charge in [-0.25, -0.2) is 4.68 Å². The summed E-state index contributed by atoms with van der Waals surface area (Å²) < 4.78 is 7.46. The van der Waals surface area contributed by atoms with Crippen LogP contribution in [0.5, 0.6) is 5.88 Å². The Morgan fingerprint density at radius 1 is 1.13 bits per heavy atom. The van der Waals surface area contributed by atoms with Crippen molar-refractivity contribution in [2.75, 3.05) is 12.4 Å². The number of pyridine rings is 2. The van der Waals surface area contributed by atoms with Crippen molar-refractivity contribution in [3.05, 3.63) is 71.2 Å². The molecule has 0 unspecified atom stereocenters. The molecule has 1 aromatic carbocycles. The Morgan fingerprint density at radius 3 is 2.58 bits per heavy atom. The summed E-state index contributed by atoms with van der Waals surface area (Å²) in [5, 5.41) is 8.59. The van der Waals surface area contributed by atoms with E-state index in [0.29, 0.717) is 24.4 Å². The van der Waals surface area contributed by atoms with Crippen LogP contribution in [-0.2, 0) is 11.2 Å². The van der Waals surface area contributed by atoms with Gasteiger partial charge in [0.15, 0.2) is 5.65 Å². The third kappa shape index (κ3) is 4.12. The second-order valence-corrected chi connectivity index (χ2v) is 7.55. The third-order valence-corrected chi connectivity index (χ3v) is 5.35. The van der Waals surface area contributed by atoms with Crippen LogP contribution in [0.3, 0.4) is 0 Å². The highest BCUT2D eigenvalue weighted by Crippen LogP contribution is 2.32. The molecule has 31 heavy (non-hydrogen) atoms. The summed E-state index contributed by atoms with van der Waals surface area (Å²) in [6, 6.07) is 11.8. The minimum Gasteiger partial charge on any atom is -0.481 e. The number of anilines is 1. The summed E-state index contributed by atoms with van der Waals surface area (Å²) in [6.07, 6.45) is 4.12. The SMILES string of the molecule is COc1nc2c(c(C)nn2-c2ccc(C)cc2)c(C)c1CCC(=O)Nc1cccnc1. The minimum absolute atomic E-state index is 0.0818. The lowest BCUT2D eigenvalue weighted by molar-refractivity contribution is -0.116. The number of nitrogens with zero attached hydrogens (tertiary/aromatic N) is 4. The molecule has 0 aliphatic heterocycles. The second kappa shape index (κ2) is 8.55. The lowest BCUT2D eigenvalue weighted by Gasteiger charge is -2.13. The molecule has 0 bridgehead atoms. The number of aromatic nitrogens is 4. The Bertz CT molecular complexity index is 1230. The lowest BCUT2D eigenvalue weighted by Crippen LogP contribution is -2.13. The van der Waals surface area contributed by atoms with Crippen LogP contribution in [0.2, 0.25) is 0 Å². The van der Waals surface area contributed by atoms with Crippen LogP contribution in [0.1, 0.15) is 28.8 Å². The Kier molecular flexibility index (Phi) is 5.66. The van der Waals surface area contributed by atoms with Gasteiger partial charge < -0.3 is 10.1 Å². The summed E-state index contributed by atoms with van der Waals surface area (Å²) in [6.45, 7) is 6.07. The summed E-state index contributed by atoms with van der Waals surface area (Å²) in [4.78, 5) is 21.2. The van der Waals surface area contributed by atoms with E-state index in [0.717, 1.165) is 33.5 Å². The van der Waals surface area contributed by atoms with Crippen LogP contribution in [0.25, 0.3) is 16.7 Å². The quantitative estimate of drug-likeness (QED) is 0.507. The highest BCUT2D eigenvalue weighted by atomic mass is 16.5. The van der Waals surface area contributed by atoms with E-state index in [2.05, 4.69) is 29.4 Å². The van der Waals surface area contributed by atoms with Crippen LogP contribution in [0.4, 0.5) is 5.69 Å². The fourth-order valence-corrected chi connectivity index (χ4v) is 3.76. The van der Waals surface area contributed by atoms with Gasteiger partial charge >= 0.3 is 0 Å². The number of methoxy groups -OCH3 is 1. The lowest BCUT2D eigenvalue weighted by atomic mass is 10.0. The first-order valence-corrected chi connectivity index (χ1v) is 10.2. The van der Waals surface area contributed by atoms with Gasteiger partial charge in [0.1, 0.15) is 0 Å². The van der Waals surface area contributed by atoms with E-state index in [4.69, 9.17) is 14.8 Å². The third-order valence-electron chi connectivity index (χ3n) is 5.35. The van der Waals surface area contributed by atoms with E-state index in [1.54, 1.807) is 25.6 Å². The monoisotopic (exact) mass is 415 g/mol. The Morgan fingerprint density at radius 2 is 1.90 bits per heavy atom. The van der Waals surface area contributed by atoms with Gasteiger partial charge in [-0.15, -0.1) is 0 Å². The Balaban J connectivity index is 1.66. The van der Waals surface area contributed by atoms with E-state index in [1.807, 2.05) is 36.7 Å². The number of fused-ring (bicyclic) bond motifs is 1. The molecule has 0 atom stereocenters. The van der Waals surface area contributed by atoms with Crippen LogP contribution < -0.4 is 10.1 Å². The molecule has 0 fully saturated rings. The van der Waals surface area contributed by atoms with Crippen molar-refractivity contribution in [3.8, 4) is 11.6 Å². The number of hydrogen-bond acceptors (Lipinski definition) is 5. The molecular formula is C24H25N5O2. The van der Waals surface area contributed by atoms with Gasteiger partial charge in [-0.3, -0.25) is 9.78 Å². The highest BCUT2D eigenvalue weighted by molar-refractivity contribution is 5.91. The maximum Gasteiger partial charge on any atom is 0.224 e. The number of rotatable bonds is 6. The first-order valence-electron chi connectivity index (χ1n) is 10.2. The van der Waals surface area contributed by atoms with E-state index in [9.17, 15) is 4.79 Å². The maximum absolute atomic E-state index is 12.4. The molecule has 1 amide bonds. The molecule has 0 aliphatic rings. The van der Waals surface area contributed by atoms with Crippen LogP contribution in [0, 0.1) is 20.8 Å². The van der Waals surface area contributed by atoms with E-state index >= 15 is 0 Å². The molecule has 7 nitrogen and oxygen atoms in total. The maximum atomic E-state index is 12.4. The topological polar surface area (TPSA) is 81.9 Å². The molecule has 0 spiro atoms. The van der Waals surface area contributed by atoms with Crippen molar-refractivity contribution in [3.63, 3.8) is 0 Å². The first-order chi connectivity index (χ1) is 15.0. The molecule has 4 rings (SSSR count). The number of hydrogen-bond donors (Lipinski definition) is 1. The van der Waals surface area contributed by atoms with Crippen molar-refractivity contribution in [2.24, 2.45) is 0 Å². The van der Waals surface area contributed by atoms with Gasteiger partial charge in [-0.1, -0.05) is 17.7 Å². The molecule has 158 valence electrons. The van der Waals surface area contributed by atoms with Crippen LogP contribution in [-0.4, -0.2) is 32.8 Å². The molecule has 7 heteroatoms. The van der Waals surface area contributed by atoms with Crippen molar-refractivity contribution >= 4 is 22.6 Å². The van der Waals surface area contributed by atoms with Gasteiger partial charge in [0.25, 0.3) is 0 Å². The molecule has 0 radical (unpaired) electrons.